The van der Waals surface area contributed by atoms with Gasteiger partial charge in [-0.2, -0.15) is 0 Å². The highest BCUT2D eigenvalue weighted by molar-refractivity contribution is 5.86. The van der Waals surface area contributed by atoms with E-state index >= 15 is 0 Å². The smallest absolute Gasteiger partial charge is 0.249 e. The van der Waals surface area contributed by atoms with Gasteiger partial charge in [0.25, 0.3) is 0 Å². The van der Waals surface area contributed by atoms with E-state index in [9.17, 15) is 0 Å². The van der Waals surface area contributed by atoms with E-state index in [2.05, 4.69) is 10.1 Å². The van der Waals surface area contributed by atoms with Crippen LogP contribution in [-0.4, -0.2) is 10.1 Å². The van der Waals surface area contributed by atoms with Crippen LogP contribution in [0.1, 0.15) is 5.76 Å². The summed E-state index contributed by atoms with van der Waals surface area (Å²) in [5.41, 5.74) is 8.25. The minimum absolute atomic E-state index is 0.421. The first kappa shape index (κ1) is 8.96. The van der Waals surface area contributed by atoms with Crippen molar-refractivity contribution in [2.75, 3.05) is 5.73 Å². The lowest BCUT2D eigenvalue weighted by Gasteiger charge is -1.89. The fourth-order valence-corrected chi connectivity index (χ4v) is 1.55. The highest BCUT2D eigenvalue weighted by atomic mass is 16.5. The summed E-state index contributed by atoms with van der Waals surface area (Å²) in [5, 5.41) is 3.84. The number of hydrogen-bond acceptors (Lipinski definition) is 5. The quantitative estimate of drug-likeness (QED) is 0.630. The molecule has 0 saturated heterocycles. The van der Waals surface area contributed by atoms with Gasteiger partial charge in [0.2, 0.25) is 5.89 Å². The summed E-state index contributed by atoms with van der Waals surface area (Å²) in [4.78, 5) is 4.28. The number of anilines is 1. The van der Waals surface area contributed by atoms with Crippen LogP contribution >= 0.6 is 0 Å². The lowest BCUT2D eigenvalue weighted by molar-refractivity contribution is 0.397. The summed E-state index contributed by atoms with van der Waals surface area (Å²) >= 11 is 0. The molecule has 5 nitrogen and oxygen atoms in total. The van der Waals surface area contributed by atoms with Gasteiger partial charge in [-0.1, -0.05) is 11.2 Å². The molecule has 2 heterocycles. The Morgan fingerprint density at radius 2 is 2.19 bits per heavy atom. The summed E-state index contributed by atoms with van der Waals surface area (Å²) < 4.78 is 10.5. The Morgan fingerprint density at radius 3 is 2.88 bits per heavy atom. The van der Waals surface area contributed by atoms with Crippen LogP contribution in [0.4, 0.5) is 5.69 Å². The van der Waals surface area contributed by atoms with Gasteiger partial charge in [-0.3, -0.25) is 0 Å². The highest BCUT2D eigenvalue weighted by Gasteiger charge is 2.13. The van der Waals surface area contributed by atoms with Crippen molar-refractivity contribution in [2.45, 2.75) is 6.92 Å². The van der Waals surface area contributed by atoms with E-state index in [1.165, 1.54) is 0 Å². The molecule has 0 bridgehead atoms. The van der Waals surface area contributed by atoms with Crippen LogP contribution in [0.2, 0.25) is 0 Å². The van der Waals surface area contributed by atoms with Crippen LogP contribution in [0, 0.1) is 6.92 Å². The molecular weight excluding hydrogens is 206 g/mol. The van der Waals surface area contributed by atoms with Gasteiger partial charge < -0.3 is 14.7 Å². The van der Waals surface area contributed by atoms with Crippen LogP contribution < -0.4 is 5.73 Å². The van der Waals surface area contributed by atoms with Gasteiger partial charge in [0.15, 0.2) is 11.3 Å². The van der Waals surface area contributed by atoms with E-state index in [1.54, 1.807) is 12.1 Å². The molecular formula is C11H9N3O2. The SMILES string of the molecule is Cc1cc(-c2nc3c(N)cccc3o2)no1. The summed E-state index contributed by atoms with van der Waals surface area (Å²) in [6, 6.07) is 7.18. The van der Waals surface area contributed by atoms with Crippen LogP contribution in [0.5, 0.6) is 0 Å². The monoisotopic (exact) mass is 215 g/mol. The number of para-hydroxylation sites is 1. The molecule has 80 valence electrons. The molecule has 0 aliphatic carbocycles. The van der Waals surface area contributed by atoms with Gasteiger partial charge in [0.05, 0.1) is 5.69 Å². The van der Waals surface area contributed by atoms with Crippen LogP contribution in [0.15, 0.2) is 33.2 Å². The van der Waals surface area contributed by atoms with Crippen LogP contribution in [0.3, 0.4) is 0 Å². The van der Waals surface area contributed by atoms with Gasteiger partial charge in [-0.25, -0.2) is 4.98 Å². The topological polar surface area (TPSA) is 78.1 Å². The van der Waals surface area contributed by atoms with Crippen molar-refractivity contribution in [3.63, 3.8) is 0 Å². The van der Waals surface area contributed by atoms with Gasteiger partial charge >= 0.3 is 0 Å². The van der Waals surface area contributed by atoms with Crippen molar-refractivity contribution in [1.82, 2.24) is 10.1 Å². The minimum Gasteiger partial charge on any atom is -0.435 e. The zero-order valence-electron chi connectivity index (χ0n) is 8.60. The lowest BCUT2D eigenvalue weighted by Crippen LogP contribution is -1.85. The Hall–Kier alpha value is -2.30. The van der Waals surface area contributed by atoms with Crippen molar-refractivity contribution in [2.24, 2.45) is 0 Å². The Labute approximate surface area is 90.9 Å². The maximum Gasteiger partial charge on any atom is 0.249 e. The molecule has 0 aliphatic heterocycles. The first-order valence-electron chi connectivity index (χ1n) is 4.83. The molecule has 0 unspecified atom stereocenters. The second-order valence-electron chi connectivity index (χ2n) is 3.54. The fraction of sp³-hybridized carbons (Fsp3) is 0.0909. The molecule has 5 heteroatoms. The average Bonchev–Trinajstić information content (AvgIpc) is 2.84. The number of nitrogens with zero attached hydrogens (tertiary/aromatic N) is 2. The highest BCUT2D eigenvalue weighted by Crippen LogP contribution is 2.26. The van der Waals surface area contributed by atoms with E-state index in [4.69, 9.17) is 14.7 Å². The van der Waals surface area contributed by atoms with Crippen molar-refractivity contribution >= 4 is 16.8 Å². The van der Waals surface area contributed by atoms with Crippen LogP contribution in [-0.2, 0) is 0 Å². The number of rotatable bonds is 1. The molecule has 16 heavy (non-hydrogen) atoms. The van der Waals surface area contributed by atoms with Crippen molar-refractivity contribution in [3.05, 3.63) is 30.0 Å². The number of nitrogens with two attached hydrogens (primary N) is 1. The van der Waals surface area contributed by atoms with E-state index in [-0.39, 0.29) is 0 Å². The lowest BCUT2D eigenvalue weighted by atomic mass is 10.3. The molecule has 2 N–H and O–H groups in total. The summed E-state index contributed by atoms with van der Waals surface area (Å²) in [7, 11) is 0. The maximum absolute atomic E-state index is 5.79. The first-order chi connectivity index (χ1) is 7.74. The number of hydrogen-bond donors (Lipinski definition) is 1. The number of benzene rings is 1. The predicted molar refractivity (Wildman–Crippen MR) is 58.7 cm³/mol. The molecule has 3 rings (SSSR count). The standard InChI is InChI=1S/C11H9N3O2/c1-6-5-8(14-16-6)11-13-10-7(12)3-2-4-9(10)15-11/h2-5H,12H2,1H3. The van der Waals surface area contributed by atoms with Gasteiger partial charge in [-0.05, 0) is 19.1 Å². The average molecular weight is 215 g/mol. The summed E-state index contributed by atoms with van der Waals surface area (Å²) in [6.45, 7) is 1.81. The van der Waals surface area contributed by atoms with E-state index in [0.717, 1.165) is 0 Å². The number of nitrogen functional groups attached to an aromatic ring is 1. The molecule has 0 spiro atoms. The Morgan fingerprint density at radius 1 is 1.31 bits per heavy atom. The number of aromatic nitrogens is 2. The third-order valence-corrected chi connectivity index (χ3v) is 2.30. The molecule has 0 aliphatic rings. The minimum atomic E-state index is 0.421. The molecule has 2 aromatic heterocycles. The van der Waals surface area contributed by atoms with Crippen molar-refractivity contribution in [1.29, 1.82) is 0 Å². The Bertz CT molecular complexity index is 654. The van der Waals surface area contributed by atoms with E-state index < -0.39 is 0 Å². The predicted octanol–water partition coefficient (Wildman–Crippen LogP) is 2.37. The second-order valence-corrected chi connectivity index (χ2v) is 3.54. The van der Waals surface area contributed by atoms with E-state index in [1.807, 2.05) is 19.1 Å². The molecule has 3 aromatic rings. The van der Waals surface area contributed by atoms with Gasteiger partial charge in [0, 0.05) is 6.07 Å². The van der Waals surface area contributed by atoms with Crippen molar-refractivity contribution < 1.29 is 8.94 Å². The van der Waals surface area contributed by atoms with Gasteiger partial charge in [-0.15, -0.1) is 0 Å². The maximum atomic E-state index is 5.79. The first-order valence-corrected chi connectivity index (χ1v) is 4.83. The normalized spacial score (nSPS) is 11.1. The number of aryl methyl sites for hydroxylation is 1. The number of oxazole rings is 1. The molecule has 0 amide bonds. The molecule has 1 aromatic carbocycles. The third-order valence-electron chi connectivity index (χ3n) is 2.30. The van der Waals surface area contributed by atoms with Gasteiger partial charge in [0.1, 0.15) is 11.3 Å². The molecule has 0 fully saturated rings. The molecule has 0 atom stereocenters. The zero-order chi connectivity index (χ0) is 11.1. The molecule has 0 saturated carbocycles. The second kappa shape index (κ2) is 3.10. The Kier molecular flexibility index (Phi) is 1.73. The van der Waals surface area contributed by atoms with E-state index in [0.29, 0.717) is 34.1 Å². The van der Waals surface area contributed by atoms with Crippen LogP contribution in [0.25, 0.3) is 22.7 Å². The fourth-order valence-electron chi connectivity index (χ4n) is 1.55. The largest absolute Gasteiger partial charge is 0.435 e. The zero-order valence-corrected chi connectivity index (χ0v) is 8.60. The Balaban J connectivity index is 2.22. The summed E-state index contributed by atoms with van der Waals surface area (Å²) in [5.74, 6) is 1.13. The number of fused-ring (bicyclic) bond motifs is 1. The third kappa shape index (κ3) is 1.25. The van der Waals surface area contributed by atoms with Crippen molar-refractivity contribution in [3.8, 4) is 11.6 Å². The molecule has 0 radical (unpaired) electrons. The summed E-state index contributed by atoms with van der Waals surface area (Å²) in [6.07, 6.45) is 0.